The van der Waals surface area contributed by atoms with Crippen molar-refractivity contribution in [3.63, 3.8) is 0 Å². The van der Waals surface area contributed by atoms with Gasteiger partial charge in [-0.25, -0.2) is 4.99 Å². The molecule has 1 aliphatic heterocycles. The maximum atomic E-state index is 11.8. The number of hydrogen-bond acceptors (Lipinski definition) is 4. The summed E-state index contributed by atoms with van der Waals surface area (Å²) in [5, 5.41) is 9.06. The van der Waals surface area contributed by atoms with Gasteiger partial charge in [0.25, 0.3) is 0 Å². The average Bonchev–Trinajstić information content (AvgIpc) is 3.39. The van der Waals surface area contributed by atoms with Crippen molar-refractivity contribution in [2.45, 2.75) is 26.2 Å². The SMILES string of the molecule is CC(=O)N1CCC(NCC2CC2)=C(C(N)=Nc2ccc3cn(C)nc3c2)C1. The maximum absolute atomic E-state index is 11.8. The van der Waals surface area contributed by atoms with Crippen molar-refractivity contribution in [3.05, 3.63) is 35.7 Å². The Labute approximate surface area is 158 Å². The summed E-state index contributed by atoms with van der Waals surface area (Å²) in [5.74, 6) is 1.31. The van der Waals surface area contributed by atoms with E-state index in [4.69, 9.17) is 5.73 Å². The molecule has 1 aromatic heterocycles. The Hall–Kier alpha value is -2.83. The molecule has 0 bridgehead atoms. The fraction of sp³-hybridized carbons (Fsp3) is 0.450. The smallest absolute Gasteiger partial charge is 0.219 e. The summed E-state index contributed by atoms with van der Waals surface area (Å²) < 4.78 is 1.79. The van der Waals surface area contributed by atoms with Crippen molar-refractivity contribution in [1.29, 1.82) is 0 Å². The molecule has 0 radical (unpaired) electrons. The quantitative estimate of drug-likeness (QED) is 0.626. The van der Waals surface area contributed by atoms with Crippen LogP contribution in [0.5, 0.6) is 0 Å². The van der Waals surface area contributed by atoms with Gasteiger partial charge in [0.15, 0.2) is 0 Å². The Bertz CT molecular complexity index is 937. The van der Waals surface area contributed by atoms with Crippen LogP contribution in [0.3, 0.4) is 0 Å². The van der Waals surface area contributed by atoms with Crippen LogP contribution >= 0.6 is 0 Å². The molecule has 2 heterocycles. The number of carbonyl (C=O) groups is 1. The fourth-order valence-corrected chi connectivity index (χ4v) is 3.46. The van der Waals surface area contributed by atoms with E-state index in [-0.39, 0.29) is 5.91 Å². The number of amidine groups is 1. The van der Waals surface area contributed by atoms with Gasteiger partial charge < -0.3 is 16.0 Å². The molecule has 1 saturated carbocycles. The van der Waals surface area contributed by atoms with Crippen molar-refractivity contribution in [1.82, 2.24) is 20.0 Å². The third-order valence-corrected chi connectivity index (χ3v) is 5.26. The number of nitrogens with one attached hydrogen (secondary N) is 1. The summed E-state index contributed by atoms with van der Waals surface area (Å²) in [6.07, 6.45) is 5.35. The summed E-state index contributed by atoms with van der Waals surface area (Å²) in [4.78, 5) is 18.3. The van der Waals surface area contributed by atoms with Gasteiger partial charge in [-0.15, -0.1) is 0 Å². The van der Waals surface area contributed by atoms with Gasteiger partial charge in [0, 0.05) is 56.3 Å². The van der Waals surface area contributed by atoms with E-state index in [1.807, 2.05) is 36.3 Å². The number of aliphatic imine (C=N–C) groups is 1. The molecule has 7 nitrogen and oxygen atoms in total. The molecule has 2 aromatic rings. The van der Waals surface area contributed by atoms with Crippen molar-refractivity contribution in [3.8, 4) is 0 Å². The minimum Gasteiger partial charge on any atom is -0.388 e. The zero-order valence-corrected chi connectivity index (χ0v) is 15.9. The number of fused-ring (bicyclic) bond motifs is 1. The molecule has 27 heavy (non-hydrogen) atoms. The molecule has 0 unspecified atom stereocenters. The van der Waals surface area contributed by atoms with Crippen LogP contribution in [0, 0.1) is 5.92 Å². The Morgan fingerprint density at radius 1 is 1.41 bits per heavy atom. The first-order valence-corrected chi connectivity index (χ1v) is 9.49. The lowest BCUT2D eigenvalue weighted by molar-refractivity contribution is -0.128. The largest absolute Gasteiger partial charge is 0.388 e. The highest BCUT2D eigenvalue weighted by molar-refractivity contribution is 6.00. The first kappa shape index (κ1) is 17.6. The molecule has 142 valence electrons. The minimum atomic E-state index is 0.0662. The van der Waals surface area contributed by atoms with Gasteiger partial charge in [0.2, 0.25) is 5.91 Å². The molecule has 7 heteroatoms. The second-order valence-electron chi connectivity index (χ2n) is 7.51. The van der Waals surface area contributed by atoms with E-state index in [0.717, 1.165) is 53.3 Å². The molecule has 2 aliphatic rings. The minimum absolute atomic E-state index is 0.0662. The summed E-state index contributed by atoms with van der Waals surface area (Å²) in [5.41, 5.74) is 10.1. The highest BCUT2D eigenvalue weighted by Crippen LogP contribution is 2.29. The third-order valence-electron chi connectivity index (χ3n) is 5.26. The van der Waals surface area contributed by atoms with Gasteiger partial charge in [-0.3, -0.25) is 9.48 Å². The third kappa shape index (κ3) is 3.97. The van der Waals surface area contributed by atoms with Crippen molar-refractivity contribution < 1.29 is 4.79 Å². The van der Waals surface area contributed by atoms with Crippen molar-refractivity contribution in [2.75, 3.05) is 19.6 Å². The van der Waals surface area contributed by atoms with E-state index in [1.165, 1.54) is 12.8 Å². The van der Waals surface area contributed by atoms with Crippen LogP contribution in [-0.2, 0) is 11.8 Å². The van der Waals surface area contributed by atoms with E-state index >= 15 is 0 Å². The van der Waals surface area contributed by atoms with Crippen LogP contribution in [0.4, 0.5) is 5.69 Å². The first-order chi connectivity index (χ1) is 13.0. The number of nitrogens with two attached hydrogens (primary N) is 1. The number of aromatic nitrogens is 2. The summed E-state index contributed by atoms with van der Waals surface area (Å²) >= 11 is 0. The maximum Gasteiger partial charge on any atom is 0.219 e. The molecule has 4 rings (SSSR count). The number of carbonyl (C=O) groups excluding carboxylic acids is 1. The topological polar surface area (TPSA) is 88.5 Å². The van der Waals surface area contributed by atoms with Crippen LogP contribution in [-0.4, -0.2) is 46.1 Å². The number of nitrogens with zero attached hydrogens (tertiary/aromatic N) is 4. The van der Waals surface area contributed by atoms with Gasteiger partial charge in [-0.05, 0) is 37.0 Å². The van der Waals surface area contributed by atoms with E-state index in [1.54, 1.807) is 11.6 Å². The molecule has 0 atom stereocenters. The Morgan fingerprint density at radius 3 is 2.96 bits per heavy atom. The predicted octanol–water partition coefficient (Wildman–Crippen LogP) is 2.07. The number of hydrogen-bond donors (Lipinski definition) is 2. The summed E-state index contributed by atoms with van der Waals surface area (Å²) in [7, 11) is 1.90. The first-order valence-electron chi connectivity index (χ1n) is 9.49. The molecule has 0 saturated heterocycles. The van der Waals surface area contributed by atoms with E-state index in [9.17, 15) is 4.79 Å². The highest BCUT2D eigenvalue weighted by atomic mass is 16.2. The lowest BCUT2D eigenvalue weighted by atomic mass is 10.0. The number of amides is 1. The van der Waals surface area contributed by atoms with E-state index in [0.29, 0.717) is 12.4 Å². The van der Waals surface area contributed by atoms with E-state index in [2.05, 4.69) is 15.4 Å². The zero-order valence-electron chi connectivity index (χ0n) is 15.9. The van der Waals surface area contributed by atoms with Gasteiger partial charge >= 0.3 is 0 Å². The number of benzene rings is 1. The van der Waals surface area contributed by atoms with Crippen LogP contribution in [0.1, 0.15) is 26.2 Å². The van der Waals surface area contributed by atoms with Gasteiger partial charge in [-0.2, -0.15) is 5.10 Å². The van der Waals surface area contributed by atoms with Gasteiger partial charge in [0.1, 0.15) is 5.84 Å². The Balaban J connectivity index is 1.63. The Kier molecular flexibility index (Phi) is 4.59. The van der Waals surface area contributed by atoms with Crippen LogP contribution < -0.4 is 11.1 Å². The highest BCUT2D eigenvalue weighted by Gasteiger charge is 2.26. The lowest BCUT2D eigenvalue weighted by Crippen LogP contribution is -2.41. The second kappa shape index (κ2) is 7.06. The van der Waals surface area contributed by atoms with Gasteiger partial charge in [0.05, 0.1) is 17.7 Å². The van der Waals surface area contributed by atoms with Crippen LogP contribution in [0.15, 0.2) is 40.7 Å². The molecular formula is C20H26N6O. The standard InChI is InChI=1S/C20H26N6O/c1-13(27)26-8-7-18(22-10-14-3-4-14)17(12-26)20(21)23-16-6-5-15-11-25(2)24-19(15)9-16/h5-6,9,11,14,22H,3-4,7-8,10,12H2,1-2H3,(H2,21,23). The molecule has 1 amide bonds. The molecule has 0 spiro atoms. The Morgan fingerprint density at radius 2 is 2.22 bits per heavy atom. The predicted molar refractivity (Wildman–Crippen MR) is 107 cm³/mol. The lowest BCUT2D eigenvalue weighted by Gasteiger charge is -2.30. The van der Waals surface area contributed by atoms with Crippen LogP contribution in [0.2, 0.25) is 0 Å². The van der Waals surface area contributed by atoms with Crippen LogP contribution in [0.25, 0.3) is 10.9 Å². The molecule has 1 fully saturated rings. The number of aryl methyl sites for hydroxylation is 1. The van der Waals surface area contributed by atoms with E-state index < -0.39 is 0 Å². The fourth-order valence-electron chi connectivity index (χ4n) is 3.46. The molecule has 1 aromatic carbocycles. The van der Waals surface area contributed by atoms with Gasteiger partial charge in [-0.1, -0.05) is 0 Å². The average molecular weight is 366 g/mol. The van der Waals surface area contributed by atoms with Crippen molar-refractivity contribution in [2.24, 2.45) is 23.7 Å². The second-order valence-corrected chi connectivity index (χ2v) is 7.51. The molecular weight excluding hydrogens is 340 g/mol. The normalized spacial score (nSPS) is 18.3. The summed E-state index contributed by atoms with van der Waals surface area (Å²) in [6, 6.07) is 5.88. The molecule has 3 N–H and O–H groups in total. The monoisotopic (exact) mass is 366 g/mol. The number of rotatable bonds is 5. The zero-order chi connectivity index (χ0) is 19.0. The van der Waals surface area contributed by atoms with Crippen molar-refractivity contribution >= 4 is 28.3 Å². The summed E-state index contributed by atoms with van der Waals surface area (Å²) in [6.45, 7) is 3.80. The molecule has 1 aliphatic carbocycles.